The molecular formula is C28H37BrN2O4S2. The summed E-state index contributed by atoms with van der Waals surface area (Å²) in [6, 6.07) is 5.83. The lowest BCUT2D eigenvalue weighted by Gasteiger charge is -2.17. The van der Waals surface area contributed by atoms with Crippen LogP contribution in [0.1, 0.15) is 96.0 Å². The first-order chi connectivity index (χ1) is 17.8. The summed E-state index contributed by atoms with van der Waals surface area (Å²) in [7, 11) is 0. The van der Waals surface area contributed by atoms with Crippen molar-refractivity contribution in [1.29, 1.82) is 0 Å². The van der Waals surface area contributed by atoms with Crippen LogP contribution in [0.25, 0.3) is 5.57 Å². The summed E-state index contributed by atoms with van der Waals surface area (Å²) in [6.45, 7) is 3.39. The smallest absolute Gasteiger partial charge is 0.303 e. The quantitative estimate of drug-likeness (QED) is 0.119. The van der Waals surface area contributed by atoms with Gasteiger partial charge in [-0.05, 0) is 37.5 Å². The van der Waals surface area contributed by atoms with Crippen LogP contribution in [0.4, 0.5) is 5.69 Å². The molecule has 2 aliphatic rings. The third-order valence-corrected chi connectivity index (χ3v) is 8.75. The van der Waals surface area contributed by atoms with E-state index in [1.807, 2.05) is 23.1 Å². The van der Waals surface area contributed by atoms with Crippen molar-refractivity contribution in [2.45, 2.75) is 90.4 Å². The molecule has 1 aromatic carbocycles. The molecule has 1 fully saturated rings. The molecule has 2 aliphatic heterocycles. The van der Waals surface area contributed by atoms with Gasteiger partial charge in [-0.2, -0.15) is 0 Å². The summed E-state index contributed by atoms with van der Waals surface area (Å²) in [4.78, 5) is 41.4. The van der Waals surface area contributed by atoms with Crippen molar-refractivity contribution < 1.29 is 19.5 Å². The molecule has 6 nitrogen and oxygen atoms in total. The van der Waals surface area contributed by atoms with Gasteiger partial charge >= 0.3 is 5.97 Å². The lowest BCUT2D eigenvalue weighted by atomic mass is 10.1. The van der Waals surface area contributed by atoms with Crippen LogP contribution in [0.15, 0.2) is 27.6 Å². The number of carbonyl (C=O) groups excluding carboxylic acids is 2. The number of halogens is 1. The number of nitrogens with zero attached hydrogens (tertiary/aromatic N) is 2. The minimum atomic E-state index is -0.722. The van der Waals surface area contributed by atoms with Gasteiger partial charge in [-0.25, -0.2) is 0 Å². The number of carbonyl (C=O) groups is 3. The molecule has 3 rings (SSSR count). The minimum absolute atomic E-state index is 0.103. The zero-order chi connectivity index (χ0) is 26.8. The first kappa shape index (κ1) is 29.8. The second-order valence-corrected chi connectivity index (χ2v) is 12.2. The van der Waals surface area contributed by atoms with Gasteiger partial charge in [0.1, 0.15) is 4.32 Å². The molecular weight excluding hydrogens is 572 g/mol. The first-order valence-electron chi connectivity index (χ1n) is 13.5. The van der Waals surface area contributed by atoms with Crippen LogP contribution in [-0.4, -0.2) is 45.2 Å². The lowest BCUT2D eigenvalue weighted by molar-refractivity contribution is -0.137. The Morgan fingerprint density at radius 1 is 0.892 bits per heavy atom. The molecule has 2 amide bonds. The Hall–Kier alpha value is -1.71. The van der Waals surface area contributed by atoms with E-state index in [1.54, 1.807) is 4.90 Å². The number of carboxylic acid groups (broad SMARTS) is 1. The number of hydrogen-bond donors (Lipinski definition) is 1. The molecule has 0 bridgehead atoms. The van der Waals surface area contributed by atoms with E-state index in [9.17, 15) is 14.4 Å². The average Bonchev–Trinajstić information content (AvgIpc) is 3.28. The third-order valence-electron chi connectivity index (χ3n) is 6.81. The van der Waals surface area contributed by atoms with E-state index in [4.69, 9.17) is 17.3 Å². The number of hydrogen-bond acceptors (Lipinski definition) is 5. The highest BCUT2D eigenvalue weighted by Crippen LogP contribution is 2.45. The van der Waals surface area contributed by atoms with Gasteiger partial charge in [0.15, 0.2) is 0 Å². The fraction of sp³-hybridized carbons (Fsp3) is 0.571. The maximum Gasteiger partial charge on any atom is 0.303 e. The molecule has 0 aliphatic carbocycles. The Balaban J connectivity index is 1.57. The Morgan fingerprint density at radius 3 is 2.14 bits per heavy atom. The number of aliphatic carboxylic acids is 1. The normalized spacial score (nSPS) is 17.3. The largest absolute Gasteiger partial charge is 0.481 e. The van der Waals surface area contributed by atoms with Gasteiger partial charge in [0, 0.05) is 29.5 Å². The highest BCUT2D eigenvalue weighted by Gasteiger charge is 2.41. The Kier molecular flexibility index (Phi) is 12.1. The summed E-state index contributed by atoms with van der Waals surface area (Å²) >= 11 is 10.3. The molecule has 2 heterocycles. The highest BCUT2D eigenvalue weighted by atomic mass is 79.9. The van der Waals surface area contributed by atoms with Crippen molar-refractivity contribution in [3.8, 4) is 0 Å². The molecule has 202 valence electrons. The third kappa shape index (κ3) is 8.14. The van der Waals surface area contributed by atoms with Gasteiger partial charge in [0.25, 0.3) is 11.8 Å². The maximum atomic E-state index is 13.5. The van der Waals surface area contributed by atoms with E-state index < -0.39 is 5.97 Å². The SMILES string of the molecule is CCCCCCN1C(=O)/C(=C2\SC(=S)N(CCCCCCCCCCC(=O)O)C2=O)c2cc(Br)ccc21. The fourth-order valence-corrected chi connectivity index (χ4v) is 6.53. The van der Waals surface area contributed by atoms with Crippen LogP contribution in [-0.2, 0) is 14.4 Å². The summed E-state index contributed by atoms with van der Waals surface area (Å²) in [5.41, 5.74) is 2.15. The van der Waals surface area contributed by atoms with Crippen molar-refractivity contribution in [2.75, 3.05) is 18.0 Å². The number of thioether (sulfide) groups is 1. The Bertz CT molecular complexity index is 1040. The molecule has 0 atom stereocenters. The standard InChI is InChI=1S/C28H37BrN2O4S2/c1-2-3-4-12-17-30-22-16-15-20(29)19-21(22)24(26(30)34)25-27(35)31(28(36)37-25)18-13-10-8-6-5-7-9-11-14-23(32)33/h15-16,19H,2-14,17-18H2,1H3,(H,32,33)/b25-24-. The van der Waals surface area contributed by atoms with Crippen LogP contribution >= 0.6 is 39.9 Å². The Morgan fingerprint density at radius 2 is 1.49 bits per heavy atom. The zero-order valence-electron chi connectivity index (χ0n) is 21.6. The molecule has 0 spiro atoms. The number of anilines is 1. The van der Waals surface area contributed by atoms with Gasteiger partial charge in [0.05, 0.1) is 16.2 Å². The van der Waals surface area contributed by atoms with Crippen molar-refractivity contribution in [3.63, 3.8) is 0 Å². The lowest BCUT2D eigenvalue weighted by Crippen LogP contribution is -2.30. The predicted octanol–water partition coefficient (Wildman–Crippen LogP) is 7.54. The summed E-state index contributed by atoms with van der Waals surface area (Å²) in [6.07, 6.45) is 12.5. The van der Waals surface area contributed by atoms with E-state index in [1.165, 1.54) is 11.8 Å². The van der Waals surface area contributed by atoms with E-state index in [0.717, 1.165) is 92.8 Å². The van der Waals surface area contributed by atoms with Crippen molar-refractivity contribution in [1.82, 2.24) is 4.90 Å². The van der Waals surface area contributed by atoms with E-state index in [-0.39, 0.29) is 18.2 Å². The summed E-state index contributed by atoms with van der Waals surface area (Å²) in [5, 5.41) is 8.68. The first-order valence-corrected chi connectivity index (χ1v) is 15.5. The molecule has 37 heavy (non-hydrogen) atoms. The second kappa shape index (κ2) is 15.0. The van der Waals surface area contributed by atoms with Crippen LogP contribution in [0, 0.1) is 0 Å². The monoisotopic (exact) mass is 608 g/mol. The van der Waals surface area contributed by atoms with Crippen LogP contribution < -0.4 is 4.90 Å². The number of fused-ring (bicyclic) bond motifs is 1. The van der Waals surface area contributed by atoms with Gasteiger partial charge in [-0.3, -0.25) is 19.3 Å². The number of unbranched alkanes of at least 4 members (excludes halogenated alkanes) is 10. The molecule has 0 unspecified atom stereocenters. The highest BCUT2D eigenvalue weighted by molar-refractivity contribution is 9.10. The zero-order valence-corrected chi connectivity index (χ0v) is 24.8. The van der Waals surface area contributed by atoms with Crippen LogP contribution in [0.5, 0.6) is 0 Å². The second-order valence-electron chi connectivity index (χ2n) is 9.68. The molecule has 0 saturated carbocycles. The Labute approximate surface area is 238 Å². The molecule has 9 heteroatoms. The van der Waals surface area contributed by atoms with Crippen molar-refractivity contribution >= 4 is 73.3 Å². The number of benzene rings is 1. The van der Waals surface area contributed by atoms with Crippen molar-refractivity contribution in [3.05, 3.63) is 33.1 Å². The topological polar surface area (TPSA) is 77.9 Å². The molecule has 0 aromatic heterocycles. The molecule has 1 aromatic rings. The molecule has 0 radical (unpaired) electrons. The number of amides is 2. The van der Waals surface area contributed by atoms with Gasteiger partial charge in [0.2, 0.25) is 0 Å². The average molecular weight is 610 g/mol. The number of thiocarbonyl (C=S) groups is 1. The fourth-order valence-electron chi connectivity index (χ4n) is 4.79. The van der Waals surface area contributed by atoms with Crippen molar-refractivity contribution in [2.24, 2.45) is 0 Å². The molecule has 1 saturated heterocycles. The van der Waals surface area contributed by atoms with Crippen LogP contribution in [0.2, 0.25) is 0 Å². The van der Waals surface area contributed by atoms with Crippen LogP contribution in [0.3, 0.4) is 0 Å². The van der Waals surface area contributed by atoms with E-state index in [0.29, 0.717) is 27.9 Å². The summed E-state index contributed by atoms with van der Waals surface area (Å²) < 4.78 is 1.40. The minimum Gasteiger partial charge on any atom is -0.481 e. The number of carboxylic acids is 1. The van der Waals surface area contributed by atoms with E-state index in [2.05, 4.69) is 22.9 Å². The predicted molar refractivity (Wildman–Crippen MR) is 159 cm³/mol. The molecule has 1 N–H and O–H groups in total. The maximum absolute atomic E-state index is 13.5. The van der Waals surface area contributed by atoms with Gasteiger partial charge < -0.3 is 10.0 Å². The number of rotatable bonds is 16. The van der Waals surface area contributed by atoms with Gasteiger partial charge in [-0.1, -0.05) is 105 Å². The summed E-state index contributed by atoms with van der Waals surface area (Å²) in [5.74, 6) is -0.982. The van der Waals surface area contributed by atoms with Gasteiger partial charge in [-0.15, -0.1) is 0 Å². The van der Waals surface area contributed by atoms with E-state index >= 15 is 0 Å².